The Morgan fingerprint density at radius 3 is 2.48 bits per heavy atom. The van der Waals surface area contributed by atoms with Crippen LogP contribution in [0.5, 0.6) is 0 Å². The standard InChI is InChI=1S/C22H25NO6/c1-14(24)23-18-19(25)20-17(13-27-21(29-20)16-10-6-3-7-11-16)28-22(18)26-12-15-8-4-2-5-9-15/h2-11,17-22,25H,12-13H2,1H3,(H,23,24)/t17-,18-,19-,20+,21+,22+/m0/s1. The summed E-state index contributed by atoms with van der Waals surface area (Å²) in [5.41, 5.74) is 1.83. The predicted octanol–water partition coefficient (Wildman–Crippen LogP) is 1.91. The lowest BCUT2D eigenvalue weighted by atomic mass is 9.95. The van der Waals surface area contributed by atoms with Crippen LogP contribution < -0.4 is 5.32 Å². The number of carbonyl (C=O) groups excluding carboxylic acids is 1. The highest BCUT2D eigenvalue weighted by Gasteiger charge is 2.50. The van der Waals surface area contributed by atoms with E-state index in [2.05, 4.69) is 5.32 Å². The van der Waals surface area contributed by atoms with E-state index in [-0.39, 0.29) is 12.5 Å². The largest absolute Gasteiger partial charge is 0.388 e. The van der Waals surface area contributed by atoms with Gasteiger partial charge in [0.1, 0.15) is 24.4 Å². The topological polar surface area (TPSA) is 86.3 Å². The summed E-state index contributed by atoms with van der Waals surface area (Å²) in [6.45, 7) is 1.93. The minimum Gasteiger partial charge on any atom is -0.388 e. The van der Waals surface area contributed by atoms with Crippen molar-refractivity contribution in [3.8, 4) is 0 Å². The molecule has 0 unspecified atom stereocenters. The number of benzene rings is 2. The van der Waals surface area contributed by atoms with Crippen LogP contribution in [0.25, 0.3) is 0 Å². The van der Waals surface area contributed by atoms with Crippen molar-refractivity contribution in [2.24, 2.45) is 0 Å². The molecule has 2 aliphatic rings. The lowest BCUT2D eigenvalue weighted by Crippen LogP contribution is -2.66. The van der Waals surface area contributed by atoms with Crippen LogP contribution in [0.15, 0.2) is 60.7 Å². The van der Waals surface area contributed by atoms with Crippen molar-refractivity contribution < 1.29 is 28.8 Å². The first-order valence-electron chi connectivity index (χ1n) is 9.70. The Morgan fingerprint density at radius 1 is 1.10 bits per heavy atom. The number of aliphatic hydroxyl groups excluding tert-OH is 1. The van der Waals surface area contributed by atoms with Crippen molar-refractivity contribution >= 4 is 5.91 Å². The van der Waals surface area contributed by atoms with Gasteiger partial charge in [-0.05, 0) is 5.56 Å². The van der Waals surface area contributed by atoms with Crippen molar-refractivity contribution in [3.05, 3.63) is 71.8 Å². The summed E-state index contributed by atoms with van der Waals surface area (Å²) < 4.78 is 23.8. The molecule has 6 atom stereocenters. The number of amides is 1. The van der Waals surface area contributed by atoms with Crippen LogP contribution in [0.2, 0.25) is 0 Å². The third-order valence-corrected chi connectivity index (χ3v) is 5.06. The van der Waals surface area contributed by atoms with E-state index in [0.717, 1.165) is 11.1 Å². The predicted molar refractivity (Wildman–Crippen MR) is 104 cm³/mol. The monoisotopic (exact) mass is 399 g/mol. The summed E-state index contributed by atoms with van der Waals surface area (Å²) in [4.78, 5) is 11.7. The van der Waals surface area contributed by atoms with Gasteiger partial charge in [0, 0.05) is 12.5 Å². The Bertz CT molecular complexity index is 801. The molecule has 2 N–H and O–H groups in total. The number of ether oxygens (including phenoxy) is 4. The van der Waals surface area contributed by atoms with Gasteiger partial charge in [-0.3, -0.25) is 4.79 Å². The highest BCUT2D eigenvalue weighted by molar-refractivity contribution is 5.73. The molecule has 2 aromatic rings. The molecule has 7 heteroatoms. The molecule has 0 radical (unpaired) electrons. The second-order valence-electron chi connectivity index (χ2n) is 7.23. The number of hydrogen-bond acceptors (Lipinski definition) is 6. The lowest BCUT2D eigenvalue weighted by molar-refractivity contribution is -0.345. The number of fused-ring (bicyclic) bond motifs is 1. The molecule has 2 heterocycles. The molecule has 154 valence electrons. The van der Waals surface area contributed by atoms with E-state index in [1.54, 1.807) is 0 Å². The maximum Gasteiger partial charge on any atom is 0.217 e. The van der Waals surface area contributed by atoms with Crippen molar-refractivity contribution in [3.63, 3.8) is 0 Å². The van der Waals surface area contributed by atoms with Crippen molar-refractivity contribution in [1.82, 2.24) is 5.32 Å². The molecule has 0 saturated carbocycles. The maximum absolute atomic E-state index is 11.7. The van der Waals surface area contributed by atoms with E-state index < -0.39 is 36.9 Å². The minimum absolute atomic E-state index is 0.249. The van der Waals surface area contributed by atoms with Crippen molar-refractivity contribution in [2.45, 2.75) is 50.5 Å². The van der Waals surface area contributed by atoms with Crippen LogP contribution in [0.1, 0.15) is 24.3 Å². The van der Waals surface area contributed by atoms with Crippen molar-refractivity contribution in [1.29, 1.82) is 0 Å². The summed E-state index contributed by atoms with van der Waals surface area (Å²) in [5.74, 6) is -0.281. The molecular weight excluding hydrogens is 374 g/mol. The number of rotatable bonds is 5. The van der Waals surface area contributed by atoms with E-state index in [4.69, 9.17) is 18.9 Å². The van der Waals surface area contributed by atoms with Gasteiger partial charge in [-0.1, -0.05) is 60.7 Å². The number of nitrogens with one attached hydrogen (secondary N) is 1. The molecule has 0 aromatic heterocycles. The quantitative estimate of drug-likeness (QED) is 0.799. The fourth-order valence-electron chi connectivity index (χ4n) is 3.65. The zero-order valence-corrected chi connectivity index (χ0v) is 16.1. The molecule has 2 saturated heterocycles. The Labute approximate surface area is 169 Å². The Kier molecular flexibility index (Phi) is 6.22. The van der Waals surface area contributed by atoms with E-state index in [0.29, 0.717) is 6.61 Å². The van der Waals surface area contributed by atoms with E-state index in [9.17, 15) is 9.90 Å². The third kappa shape index (κ3) is 4.66. The number of carbonyl (C=O) groups is 1. The average molecular weight is 399 g/mol. The van der Waals surface area contributed by atoms with Gasteiger partial charge in [0.25, 0.3) is 0 Å². The molecule has 2 fully saturated rings. The van der Waals surface area contributed by atoms with Crippen LogP contribution in [-0.2, 0) is 30.3 Å². The molecule has 2 aliphatic heterocycles. The zero-order chi connectivity index (χ0) is 20.2. The molecular formula is C22H25NO6. The fraction of sp³-hybridized carbons (Fsp3) is 0.409. The van der Waals surface area contributed by atoms with E-state index in [1.807, 2.05) is 60.7 Å². The molecule has 0 bridgehead atoms. The summed E-state index contributed by atoms with van der Waals surface area (Å²) in [6, 6.07) is 18.4. The second kappa shape index (κ2) is 9.02. The third-order valence-electron chi connectivity index (χ3n) is 5.06. The van der Waals surface area contributed by atoms with E-state index >= 15 is 0 Å². The Morgan fingerprint density at radius 2 is 1.79 bits per heavy atom. The summed E-state index contributed by atoms with van der Waals surface area (Å²) in [6.07, 6.45) is -3.59. The first-order chi connectivity index (χ1) is 14.1. The first kappa shape index (κ1) is 20.0. The van der Waals surface area contributed by atoms with Crippen LogP contribution in [0, 0.1) is 0 Å². The van der Waals surface area contributed by atoms with E-state index in [1.165, 1.54) is 6.92 Å². The Hall–Kier alpha value is -2.29. The summed E-state index contributed by atoms with van der Waals surface area (Å²) in [7, 11) is 0. The van der Waals surface area contributed by atoms with Gasteiger partial charge in [-0.2, -0.15) is 0 Å². The average Bonchev–Trinajstić information content (AvgIpc) is 2.75. The smallest absolute Gasteiger partial charge is 0.217 e. The highest BCUT2D eigenvalue weighted by Crippen LogP contribution is 2.34. The molecule has 0 spiro atoms. The molecule has 1 amide bonds. The van der Waals surface area contributed by atoms with Crippen LogP contribution in [-0.4, -0.2) is 48.3 Å². The minimum atomic E-state index is -1.01. The van der Waals surface area contributed by atoms with Gasteiger partial charge in [0.05, 0.1) is 13.2 Å². The number of aliphatic hydroxyl groups is 1. The molecule has 29 heavy (non-hydrogen) atoms. The maximum atomic E-state index is 11.7. The van der Waals surface area contributed by atoms with Gasteiger partial charge < -0.3 is 29.4 Å². The molecule has 0 aliphatic carbocycles. The van der Waals surface area contributed by atoms with Gasteiger partial charge in [-0.15, -0.1) is 0 Å². The second-order valence-corrected chi connectivity index (χ2v) is 7.23. The summed E-state index contributed by atoms with van der Waals surface area (Å²) in [5, 5.41) is 13.7. The van der Waals surface area contributed by atoms with Gasteiger partial charge >= 0.3 is 0 Å². The fourth-order valence-corrected chi connectivity index (χ4v) is 3.65. The first-order valence-corrected chi connectivity index (χ1v) is 9.70. The number of hydrogen-bond donors (Lipinski definition) is 2. The van der Waals surface area contributed by atoms with Gasteiger partial charge in [0.15, 0.2) is 12.6 Å². The van der Waals surface area contributed by atoms with Crippen LogP contribution in [0.4, 0.5) is 0 Å². The van der Waals surface area contributed by atoms with Gasteiger partial charge in [0.2, 0.25) is 5.91 Å². The van der Waals surface area contributed by atoms with Crippen molar-refractivity contribution in [2.75, 3.05) is 6.61 Å². The SMILES string of the molecule is CC(=O)N[C@@H]1[C@H](OCc2ccccc2)O[C@H]2CO[C@@H](c3ccccc3)O[C@H]2[C@H]1O. The van der Waals surface area contributed by atoms with Gasteiger partial charge in [-0.25, -0.2) is 0 Å². The zero-order valence-electron chi connectivity index (χ0n) is 16.1. The molecule has 4 rings (SSSR count). The summed E-state index contributed by atoms with van der Waals surface area (Å²) >= 11 is 0. The highest BCUT2D eigenvalue weighted by atomic mass is 16.7. The normalized spacial score (nSPS) is 31.7. The lowest BCUT2D eigenvalue weighted by Gasteiger charge is -2.47. The van der Waals surface area contributed by atoms with Crippen LogP contribution in [0.3, 0.4) is 0 Å². The Balaban J connectivity index is 1.48. The molecule has 7 nitrogen and oxygen atoms in total. The van der Waals surface area contributed by atoms with Crippen LogP contribution >= 0.6 is 0 Å². The molecule has 2 aromatic carbocycles.